The molecule has 0 radical (unpaired) electrons. The van der Waals surface area contributed by atoms with Gasteiger partial charge in [0.1, 0.15) is 6.61 Å². The summed E-state index contributed by atoms with van der Waals surface area (Å²) >= 11 is 0. The summed E-state index contributed by atoms with van der Waals surface area (Å²) in [6.07, 6.45) is 5.38. The summed E-state index contributed by atoms with van der Waals surface area (Å²) in [4.78, 5) is 17.2. The maximum absolute atomic E-state index is 11.4. The Morgan fingerprint density at radius 3 is 2.81 bits per heavy atom. The molecule has 1 amide bonds. The molecule has 1 aliphatic rings. The van der Waals surface area contributed by atoms with E-state index in [0.717, 1.165) is 18.5 Å². The van der Waals surface area contributed by atoms with Crippen molar-refractivity contribution in [3.8, 4) is 0 Å². The number of hydrogen-bond acceptors (Lipinski definition) is 4. The van der Waals surface area contributed by atoms with E-state index >= 15 is 0 Å². The van der Waals surface area contributed by atoms with E-state index in [9.17, 15) is 4.79 Å². The minimum Gasteiger partial charge on any atom is -0.387 e. The van der Waals surface area contributed by atoms with Crippen LogP contribution >= 0.6 is 0 Å². The first kappa shape index (κ1) is 15.3. The number of aromatic nitrogens is 2. The van der Waals surface area contributed by atoms with Crippen LogP contribution in [0.5, 0.6) is 0 Å². The molecule has 1 aliphatic heterocycles. The van der Waals surface area contributed by atoms with Gasteiger partial charge in [0.05, 0.1) is 17.9 Å². The predicted octanol–water partition coefficient (Wildman–Crippen LogP) is -0.344. The van der Waals surface area contributed by atoms with E-state index < -0.39 is 6.61 Å². The Kier molecular flexibility index (Phi) is 5.15. The molecular formula is C13H22N6O2. The number of piperidine rings is 1. The lowest BCUT2D eigenvalue weighted by molar-refractivity contribution is -0.135. The lowest BCUT2D eigenvalue weighted by Crippen LogP contribution is -2.40. The summed E-state index contributed by atoms with van der Waals surface area (Å²) < 4.78 is 1.92. The van der Waals surface area contributed by atoms with Crippen LogP contribution in [-0.2, 0) is 4.79 Å². The number of nitrogens with one attached hydrogen (secondary N) is 2. The van der Waals surface area contributed by atoms with Crippen LogP contribution in [0, 0.1) is 0 Å². The van der Waals surface area contributed by atoms with Gasteiger partial charge in [0, 0.05) is 33.4 Å². The van der Waals surface area contributed by atoms with E-state index in [2.05, 4.69) is 20.7 Å². The summed E-state index contributed by atoms with van der Waals surface area (Å²) in [5.74, 6) is 0.479. The molecule has 2 heterocycles. The molecule has 21 heavy (non-hydrogen) atoms. The van der Waals surface area contributed by atoms with Crippen molar-refractivity contribution in [2.75, 3.05) is 39.1 Å². The van der Waals surface area contributed by atoms with Crippen molar-refractivity contribution in [1.29, 1.82) is 0 Å². The first-order chi connectivity index (χ1) is 10.2. The average Bonchev–Trinajstić information content (AvgIpc) is 3.00. The Bertz CT molecular complexity index is 505. The molecule has 0 spiro atoms. The highest BCUT2D eigenvalue weighted by atomic mass is 16.3. The Morgan fingerprint density at radius 2 is 2.24 bits per heavy atom. The number of likely N-dealkylation sites (tertiary alicyclic amines) is 1. The normalized spacial score (nSPS) is 16.9. The first-order valence-electron chi connectivity index (χ1n) is 7.02. The van der Waals surface area contributed by atoms with Crippen molar-refractivity contribution in [2.45, 2.75) is 18.9 Å². The van der Waals surface area contributed by atoms with Crippen LogP contribution in [0.3, 0.4) is 0 Å². The van der Waals surface area contributed by atoms with Gasteiger partial charge in [0.25, 0.3) is 0 Å². The zero-order valence-electron chi connectivity index (χ0n) is 12.4. The monoisotopic (exact) mass is 294 g/mol. The van der Waals surface area contributed by atoms with Gasteiger partial charge >= 0.3 is 0 Å². The summed E-state index contributed by atoms with van der Waals surface area (Å²) in [5.41, 5.74) is 0.874. The van der Waals surface area contributed by atoms with Crippen LogP contribution in [0.25, 0.3) is 0 Å². The molecular weight excluding hydrogens is 272 g/mol. The van der Waals surface area contributed by atoms with Crippen LogP contribution in [0.4, 0.5) is 5.69 Å². The molecule has 0 bridgehead atoms. The number of aliphatic hydroxyl groups excluding tert-OH is 1. The van der Waals surface area contributed by atoms with Gasteiger partial charge in [-0.25, -0.2) is 0 Å². The highest BCUT2D eigenvalue weighted by Gasteiger charge is 2.23. The molecule has 1 aromatic heterocycles. The fourth-order valence-corrected chi connectivity index (χ4v) is 2.45. The van der Waals surface area contributed by atoms with Gasteiger partial charge in [-0.2, -0.15) is 5.10 Å². The standard InChI is InChI=1S/C13H22N6O2/c1-14-13(15-2)17-10-7-16-19(8-10)11-3-5-18(6-4-11)12(21)9-20/h7-8,11,20H,3-6,9H2,1-2H3,(H2,14,15,17). The van der Waals surface area contributed by atoms with Gasteiger partial charge < -0.3 is 20.6 Å². The summed E-state index contributed by atoms with van der Waals surface area (Å²) in [7, 11) is 3.50. The van der Waals surface area contributed by atoms with Crippen LogP contribution in [0.1, 0.15) is 18.9 Å². The molecule has 0 aromatic carbocycles. The third-order valence-corrected chi connectivity index (χ3v) is 3.65. The molecule has 8 nitrogen and oxygen atoms in total. The third-order valence-electron chi connectivity index (χ3n) is 3.65. The number of carbonyl (C=O) groups is 1. The molecule has 0 aliphatic carbocycles. The number of aliphatic imine (C=N–C) groups is 1. The fourth-order valence-electron chi connectivity index (χ4n) is 2.45. The molecule has 116 valence electrons. The van der Waals surface area contributed by atoms with Crippen LogP contribution < -0.4 is 10.6 Å². The molecule has 3 N–H and O–H groups in total. The number of guanidine groups is 1. The van der Waals surface area contributed by atoms with Crippen LogP contribution in [0.15, 0.2) is 17.4 Å². The SMILES string of the molecule is C/N=C(\NC)Nc1cnn(C2CCN(C(=O)CO)CC2)c1. The number of carbonyl (C=O) groups excluding carboxylic acids is 1. The number of anilines is 1. The zero-order valence-corrected chi connectivity index (χ0v) is 12.4. The molecule has 1 saturated heterocycles. The van der Waals surface area contributed by atoms with Gasteiger partial charge in [-0.3, -0.25) is 14.5 Å². The maximum atomic E-state index is 11.4. The van der Waals surface area contributed by atoms with Gasteiger partial charge in [-0.1, -0.05) is 0 Å². The largest absolute Gasteiger partial charge is 0.387 e. The molecule has 1 fully saturated rings. The minimum atomic E-state index is -0.413. The number of rotatable bonds is 3. The van der Waals surface area contributed by atoms with E-state index in [4.69, 9.17) is 5.11 Å². The van der Waals surface area contributed by atoms with Crippen molar-refractivity contribution in [3.63, 3.8) is 0 Å². The molecule has 0 atom stereocenters. The summed E-state index contributed by atoms with van der Waals surface area (Å²) in [6.45, 7) is 0.902. The topological polar surface area (TPSA) is 94.8 Å². The van der Waals surface area contributed by atoms with E-state index in [1.807, 2.05) is 10.9 Å². The summed E-state index contributed by atoms with van der Waals surface area (Å²) in [6, 6.07) is 0.278. The molecule has 2 rings (SSSR count). The van der Waals surface area contributed by atoms with Crippen molar-refractivity contribution >= 4 is 17.6 Å². The second-order valence-electron chi connectivity index (χ2n) is 4.93. The molecule has 0 unspecified atom stereocenters. The average molecular weight is 294 g/mol. The lowest BCUT2D eigenvalue weighted by Gasteiger charge is -2.31. The van der Waals surface area contributed by atoms with Crippen LogP contribution in [0.2, 0.25) is 0 Å². The third kappa shape index (κ3) is 3.72. The Morgan fingerprint density at radius 1 is 1.52 bits per heavy atom. The highest BCUT2D eigenvalue weighted by molar-refractivity contribution is 5.93. The van der Waals surface area contributed by atoms with Crippen LogP contribution in [-0.4, -0.2) is 65.4 Å². The Balaban J connectivity index is 1.92. The van der Waals surface area contributed by atoms with Gasteiger partial charge in [-0.15, -0.1) is 0 Å². The van der Waals surface area contributed by atoms with Crippen molar-refractivity contribution < 1.29 is 9.90 Å². The predicted molar refractivity (Wildman–Crippen MR) is 80.2 cm³/mol. The molecule has 0 saturated carbocycles. The van der Waals surface area contributed by atoms with Gasteiger partial charge in [0.2, 0.25) is 5.91 Å². The first-order valence-corrected chi connectivity index (χ1v) is 7.02. The lowest BCUT2D eigenvalue weighted by atomic mass is 10.1. The second kappa shape index (κ2) is 7.07. The van der Waals surface area contributed by atoms with Crippen molar-refractivity contribution in [1.82, 2.24) is 20.0 Å². The van der Waals surface area contributed by atoms with Crippen molar-refractivity contribution in [2.24, 2.45) is 4.99 Å². The van der Waals surface area contributed by atoms with Gasteiger partial charge in [-0.05, 0) is 12.8 Å². The van der Waals surface area contributed by atoms with E-state index in [0.29, 0.717) is 19.0 Å². The maximum Gasteiger partial charge on any atom is 0.248 e. The Hall–Kier alpha value is -2.09. The Labute approximate surface area is 123 Å². The smallest absolute Gasteiger partial charge is 0.248 e. The number of amides is 1. The van der Waals surface area contributed by atoms with Crippen molar-refractivity contribution in [3.05, 3.63) is 12.4 Å². The molecule has 8 heteroatoms. The van der Waals surface area contributed by atoms with E-state index in [1.54, 1.807) is 25.2 Å². The van der Waals surface area contributed by atoms with E-state index in [1.165, 1.54) is 0 Å². The molecule has 1 aromatic rings. The van der Waals surface area contributed by atoms with Gasteiger partial charge in [0.15, 0.2) is 5.96 Å². The summed E-state index contributed by atoms with van der Waals surface area (Å²) in [5, 5.41) is 19.3. The minimum absolute atomic E-state index is 0.200. The quantitative estimate of drug-likeness (QED) is 0.523. The highest BCUT2D eigenvalue weighted by Crippen LogP contribution is 2.23. The number of nitrogens with zero attached hydrogens (tertiary/aromatic N) is 4. The zero-order chi connectivity index (χ0) is 15.2. The number of hydrogen-bond donors (Lipinski definition) is 3. The second-order valence-corrected chi connectivity index (χ2v) is 4.93. The fraction of sp³-hybridized carbons (Fsp3) is 0.615. The van der Waals surface area contributed by atoms with E-state index in [-0.39, 0.29) is 11.9 Å². The number of aliphatic hydroxyl groups is 1.